The largest absolute Gasteiger partial charge is 0.497 e. The van der Waals surface area contributed by atoms with Crippen molar-refractivity contribution in [3.63, 3.8) is 0 Å². The zero-order chi connectivity index (χ0) is 14.5. The number of likely N-dealkylation sites (tertiary alicyclic amines) is 1. The average molecular weight is 380 g/mol. The van der Waals surface area contributed by atoms with E-state index in [4.69, 9.17) is 15.2 Å². The minimum atomic E-state index is 0. The number of piperidine rings is 1. The second kappa shape index (κ2) is 8.96. The van der Waals surface area contributed by atoms with Gasteiger partial charge in [-0.15, -0.1) is 12.4 Å². The van der Waals surface area contributed by atoms with Crippen LogP contribution in [0.25, 0.3) is 0 Å². The lowest BCUT2D eigenvalue weighted by Gasteiger charge is -2.38. The fourth-order valence-corrected chi connectivity index (χ4v) is 3.12. The Hall–Kier alpha value is -0.330. The van der Waals surface area contributed by atoms with E-state index in [0.717, 1.165) is 36.2 Å². The fraction of sp³-hybridized carbons (Fsp3) is 0.600. The van der Waals surface area contributed by atoms with Crippen molar-refractivity contribution >= 4 is 28.3 Å². The summed E-state index contributed by atoms with van der Waals surface area (Å²) in [5.74, 6) is 0.888. The molecule has 0 bridgehead atoms. The number of ether oxygens (including phenoxy) is 2. The molecule has 2 unspecified atom stereocenters. The highest BCUT2D eigenvalue weighted by Gasteiger charge is 2.27. The number of hydrogen-bond acceptors (Lipinski definition) is 4. The Morgan fingerprint density at radius 1 is 1.38 bits per heavy atom. The van der Waals surface area contributed by atoms with Gasteiger partial charge in [-0.1, -0.05) is 15.9 Å². The number of nitrogens with two attached hydrogens (primary N) is 1. The van der Waals surface area contributed by atoms with E-state index < -0.39 is 0 Å². The van der Waals surface area contributed by atoms with Crippen molar-refractivity contribution in [3.8, 4) is 5.75 Å². The van der Waals surface area contributed by atoms with E-state index >= 15 is 0 Å². The van der Waals surface area contributed by atoms with E-state index in [0.29, 0.717) is 18.7 Å². The first-order valence-electron chi connectivity index (χ1n) is 6.97. The van der Waals surface area contributed by atoms with Crippen molar-refractivity contribution in [3.05, 3.63) is 28.2 Å². The maximum Gasteiger partial charge on any atom is 0.119 e. The van der Waals surface area contributed by atoms with Crippen LogP contribution in [0.1, 0.15) is 18.4 Å². The minimum absolute atomic E-state index is 0. The number of hydrogen-bond donors (Lipinski definition) is 1. The van der Waals surface area contributed by atoms with Crippen LogP contribution in [0.2, 0.25) is 0 Å². The molecular formula is C15H24BrClN2O2. The van der Waals surface area contributed by atoms with E-state index in [1.54, 1.807) is 14.2 Å². The molecule has 1 fully saturated rings. The quantitative estimate of drug-likeness (QED) is 0.854. The molecule has 1 aliphatic rings. The van der Waals surface area contributed by atoms with E-state index in [1.807, 2.05) is 12.1 Å². The van der Waals surface area contributed by atoms with Crippen LogP contribution >= 0.6 is 28.3 Å². The van der Waals surface area contributed by atoms with Gasteiger partial charge < -0.3 is 15.2 Å². The third-order valence-electron chi connectivity index (χ3n) is 4.02. The first kappa shape index (κ1) is 18.7. The zero-order valence-electron chi connectivity index (χ0n) is 12.5. The molecular weight excluding hydrogens is 356 g/mol. The molecule has 0 spiro atoms. The molecule has 1 heterocycles. The number of benzene rings is 1. The zero-order valence-corrected chi connectivity index (χ0v) is 15.0. The van der Waals surface area contributed by atoms with Crippen LogP contribution in [-0.4, -0.2) is 44.4 Å². The Labute approximate surface area is 141 Å². The highest BCUT2D eigenvalue weighted by atomic mass is 79.9. The third-order valence-corrected chi connectivity index (χ3v) is 4.80. The SMILES string of the molecule is COc1ccc(Br)c(CN2CCC(OC)CC2CN)c1.Cl. The summed E-state index contributed by atoms with van der Waals surface area (Å²) in [5.41, 5.74) is 7.16. The van der Waals surface area contributed by atoms with Gasteiger partial charge in [-0.25, -0.2) is 0 Å². The lowest BCUT2D eigenvalue weighted by atomic mass is 9.98. The maximum absolute atomic E-state index is 5.92. The summed E-state index contributed by atoms with van der Waals surface area (Å²) in [6.07, 6.45) is 2.41. The van der Waals surface area contributed by atoms with Gasteiger partial charge in [0.1, 0.15) is 5.75 Å². The van der Waals surface area contributed by atoms with Crippen molar-refractivity contribution < 1.29 is 9.47 Å². The summed E-state index contributed by atoms with van der Waals surface area (Å²) in [4.78, 5) is 2.44. The van der Waals surface area contributed by atoms with Crippen LogP contribution in [0, 0.1) is 0 Å². The van der Waals surface area contributed by atoms with E-state index in [-0.39, 0.29) is 12.4 Å². The van der Waals surface area contributed by atoms with Crippen LogP contribution in [0.4, 0.5) is 0 Å². The first-order valence-corrected chi connectivity index (χ1v) is 7.76. The molecule has 120 valence electrons. The molecule has 1 aromatic carbocycles. The van der Waals surface area contributed by atoms with E-state index in [9.17, 15) is 0 Å². The van der Waals surface area contributed by atoms with Crippen LogP contribution in [0.15, 0.2) is 22.7 Å². The van der Waals surface area contributed by atoms with Crippen molar-refractivity contribution in [2.24, 2.45) is 5.73 Å². The van der Waals surface area contributed by atoms with Gasteiger partial charge in [-0.05, 0) is 36.6 Å². The molecule has 4 nitrogen and oxygen atoms in total. The molecule has 1 aromatic rings. The molecule has 2 atom stereocenters. The molecule has 2 N–H and O–H groups in total. The standard InChI is InChI=1S/C15H23BrN2O2.ClH/c1-19-13-3-4-15(16)11(7-13)10-18-6-5-14(20-2)8-12(18)9-17;/h3-4,7,12,14H,5-6,8-10,17H2,1-2H3;1H. The Kier molecular flexibility index (Phi) is 7.98. The van der Waals surface area contributed by atoms with Crippen LogP contribution in [-0.2, 0) is 11.3 Å². The summed E-state index contributed by atoms with van der Waals surface area (Å²) in [6, 6.07) is 6.46. The average Bonchev–Trinajstić information content (AvgIpc) is 2.49. The van der Waals surface area contributed by atoms with Crippen molar-refractivity contribution in [1.29, 1.82) is 0 Å². The number of nitrogens with zero attached hydrogens (tertiary/aromatic N) is 1. The van der Waals surface area contributed by atoms with Gasteiger partial charge in [0.25, 0.3) is 0 Å². The molecule has 0 saturated carbocycles. The Bertz CT molecular complexity index is 448. The van der Waals surface area contributed by atoms with Gasteiger partial charge in [0, 0.05) is 37.3 Å². The Morgan fingerprint density at radius 3 is 2.76 bits per heavy atom. The molecule has 6 heteroatoms. The lowest BCUT2D eigenvalue weighted by molar-refractivity contribution is 0.0101. The second-order valence-corrected chi connectivity index (χ2v) is 6.05. The highest BCUT2D eigenvalue weighted by molar-refractivity contribution is 9.10. The monoisotopic (exact) mass is 378 g/mol. The molecule has 0 amide bonds. The molecule has 1 saturated heterocycles. The van der Waals surface area contributed by atoms with Gasteiger partial charge in [0.15, 0.2) is 0 Å². The van der Waals surface area contributed by atoms with Crippen molar-refractivity contribution in [2.45, 2.75) is 31.5 Å². The molecule has 0 aromatic heterocycles. The number of methoxy groups -OCH3 is 2. The van der Waals surface area contributed by atoms with Gasteiger partial charge >= 0.3 is 0 Å². The summed E-state index contributed by atoms with van der Waals surface area (Å²) in [6.45, 7) is 2.57. The lowest BCUT2D eigenvalue weighted by Crippen LogP contribution is -2.48. The Balaban J connectivity index is 0.00000220. The fourth-order valence-electron chi connectivity index (χ4n) is 2.75. The highest BCUT2D eigenvalue weighted by Crippen LogP contribution is 2.27. The van der Waals surface area contributed by atoms with Crippen molar-refractivity contribution in [2.75, 3.05) is 27.3 Å². The predicted molar refractivity (Wildman–Crippen MR) is 91.2 cm³/mol. The molecule has 2 rings (SSSR count). The maximum atomic E-state index is 5.92. The summed E-state index contributed by atoms with van der Waals surface area (Å²) in [5, 5.41) is 0. The van der Waals surface area contributed by atoms with Gasteiger partial charge in [0.2, 0.25) is 0 Å². The van der Waals surface area contributed by atoms with Crippen LogP contribution in [0.3, 0.4) is 0 Å². The molecule has 0 radical (unpaired) electrons. The van der Waals surface area contributed by atoms with Crippen LogP contribution < -0.4 is 10.5 Å². The van der Waals surface area contributed by atoms with Gasteiger partial charge in [-0.2, -0.15) is 0 Å². The summed E-state index contributed by atoms with van der Waals surface area (Å²) in [7, 11) is 3.48. The van der Waals surface area contributed by atoms with E-state index in [2.05, 4.69) is 26.9 Å². The summed E-state index contributed by atoms with van der Waals surface area (Å²) < 4.78 is 11.9. The van der Waals surface area contributed by atoms with Crippen LogP contribution in [0.5, 0.6) is 5.75 Å². The molecule has 21 heavy (non-hydrogen) atoms. The predicted octanol–water partition coefficient (Wildman–Crippen LogP) is 2.82. The molecule has 1 aliphatic heterocycles. The first-order chi connectivity index (χ1) is 9.67. The van der Waals surface area contributed by atoms with Gasteiger partial charge in [-0.3, -0.25) is 4.90 Å². The number of halogens is 2. The van der Waals surface area contributed by atoms with Gasteiger partial charge in [0.05, 0.1) is 13.2 Å². The number of rotatable bonds is 5. The topological polar surface area (TPSA) is 47.7 Å². The smallest absolute Gasteiger partial charge is 0.119 e. The third kappa shape index (κ3) is 4.83. The van der Waals surface area contributed by atoms with Crippen molar-refractivity contribution in [1.82, 2.24) is 4.90 Å². The normalized spacial score (nSPS) is 22.7. The van der Waals surface area contributed by atoms with E-state index in [1.165, 1.54) is 5.56 Å². The summed E-state index contributed by atoms with van der Waals surface area (Å²) >= 11 is 3.62. The minimum Gasteiger partial charge on any atom is -0.497 e. The second-order valence-electron chi connectivity index (χ2n) is 5.20. The Morgan fingerprint density at radius 2 is 2.14 bits per heavy atom. The molecule has 0 aliphatic carbocycles.